The molecule has 3 N–H and O–H groups in total. The Hall–Kier alpha value is -3.44. The molecule has 0 bridgehead atoms. The average Bonchev–Trinajstić information content (AvgIpc) is 3.12. The molecule has 0 unspecified atom stereocenters. The number of primary amides is 1. The number of hydrogen-bond acceptors (Lipinski definition) is 3. The molecule has 0 atom stereocenters. The minimum Gasteiger partial charge on any atom is -0.366 e. The smallest absolute Gasteiger partial charge is 0.248 e. The maximum Gasteiger partial charge on any atom is 0.248 e. The zero-order valence-electron chi connectivity index (χ0n) is 15.9. The molecule has 0 saturated heterocycles. The molecular weight excluding hydrogens is 348 g/mol. The lowest BCUT2D eigenvalue weighted by Crippen LogP contribution is -2.10. The quantitative estimate of drug-likeness (QED) is 0.556. The van der Waals surface area contributed by atoms with Gasteiger partial charge in [0, 0.05) is 29.4 Å². The van der Waals surface area contributed by atoms with E-state index in [-0.39, 0.29) is 0 Å². The molecule has 140 valence electrons. The highest BCUT2D eigenvalue weighted by atomic mass is 16.1. The number of fused-ring (bicyclic) bond motifs is 1. The van der Waals surface area contributed by atoms with Crippen molar-refractivity contribution in [2.24, 2.45) is 5.73 Å². The third-order valence-electron chi connectivity index (χ3n) is 4.75. The van der Waals surface area contributed by atoms with E-state index in [4.69, 9.17) is 5.73 Å². The van der Waals surface area contributed by atoms with Crippen LogP contribution in [0.2, 0.25) is 0 Å². The monoisotopic (exact) mass is 370 g/mol. The first-order chi connectivity index (χ1) is 13.5. The SMILES string of the molecule is CN(C)Cc1cccc(-c2cc3c(-c4ccc(C(N)=O)cc4)ccnc3[nH]2)c1. The zero-order chi connectivity index (χ0) is 19.7. The molecule has 5 heteroatoms. The van der Waals surface area contributed by atoms with Crippen molar-refractivity contribution in [1.29, 1.82) is 0 Å². The largest absolute Gasteiger partial charge is 0.366 e. The van der Waals surface area contributed by atoms with E-state index in [1.54, 1.807) is 18.3 Å². The Kier molecular flexibility index (Phi) is 4.67. The average molecular weight is 370 g/mol. The van der Waals surface area contributed by atoms with Crippen LogP contribution in [0.25, 0.3) is 33.4 Å². The Morgan fingerprint density at radius 3 is 2.54 bits per heavy atom. The molecule has 4 aromatic rings. The Morgan fingerprint density at radius 1 is 1.04 bits per heavy atom. The van der Waals surface area contributed by atoms with Gasteiger partial charge in [0.1, 0.15) is 5.65 Å². The molecule has 5 nitrogen and oxygen atoms in total. The third-order valence-corrected chi connectivity index (χ3v) is 4.75. The topological polar surface area (TPSA) is 75.0 Å². The van der Waals surface area contributed by atoms with Gasteiger partial charge in [-0.25, -0.2) is 4.98 Å². The van der Waals surface area contributed by atoms with E-state index >= 15 is 0 Å². The molecule has 4 rings (SSSR count). The van der Waals surface area contributed by atoms with Crippen molar-refractivity contribution in [3.05, 3.63) is 78.0 Å². The number of rotatable bonds is 5. The summed E-state index contributed by atoms with van der Waals surface area (Å²) in [5.41, 5.74) is 12.2. The van der Waals surface area contributed by atoms with Crippen molar-refractivity contribution >= 4 is 16.9 Å². The summed E-state index contributed by atoms with van der Waals surface area (Å²) in [7, 11) is 4.13. The Morgan fingerprint density at radius 2 is 1.82 bits per heavy atom. The fraction of sp³-hybridized carbons (Fsp3) is 0.130. The molecule has 1 amide bonds. The van der Waals surface area contributed by atoms with E-state index in [9.17, 15) is 4.79 Å². The Labute approximate surface area is 163 Å². The molecule has 0 saturated carbocycles. The summed E-state index contributed by atoms with van der Waals surface area (Å²) in [5, 5.41) is 1.04. The molecule has 2 heterocycles. The molecule has 0 spiro atoms. The van der Waals surface area contributed by atoms with Gasteiger partial charge in [-0.2, -0.15) is 0 Å². The summed E-state index contributed by atoms with van der Waals surface area (Å²) < 4.78 is 0. The standard InChI is InChI=1S/C23H22N4O/c1-27(2)14-15-4-3-5-18(12-15)21-13-20-19(10-11-25-23(20)26-21)16-6-8-17(9-7-16)22(24)28/h3-13H,14H2,1-2H3,(H2,24,28)(H,25,26). The molecule has 2 aromatic heterocycles. The predicted octanol–water partition coefficient (Wildman–Crippen LogP) is 4.06. The lowest BCUT2D eigenvalue weighted by atomic mass is 10.0. The van der Waals surface area contributed by atoms with Crippen LogP contribution in [0.1, 0.15) is 15.9 Å². The number of nitrogens with one attached hydrogen (secondary N) is 1. The molecule has 0 radical (unpaired) electrons. The second kappa shape index (κ2) is 7.29. The maximum atomic E-state index is 11.3. The van der Waals surface area contributed by atoms with Crippen LogP contribution < -0.4 is 5.73 Å². The summed E-state index contributed by atoms with van der Waals surface area (Å²) in [6.45, 7) is 0.893. The Bertz CT molecular complexity index is 1140. The van der Waals surface area contributed by atoms with Gasteiger partial charge in [0.15, 0.2) is 0 Å². The molecule has 0 aliphatic heterocycles. The van der Waals surface area contributed by atoms with Gasteiger partial charge < -0.3 is 15.6 Å². The van der Waals surface area contributed by atoms with Crippen LogP contribution in [0.3, 0.4) is 0 Å². The highest BCUT2D eigenvalue weighted by Gasteiger charge is 2.11. The first kappa shape index (κ1) is 17.9. The number of amides is 1. The van der Waals surface area contributed by atoms with Crippen molar-refractivity contribution in [2.75, 3.05) is 14.1 Å². The summed E-state index contributed by atoms with van der Waals surface area (Å²) in [4.78, 5) is 21.4. The summed E-state index contributed by atoms with van der Waals surface area (Å²) >= 11 is 0. The van der Waals surface area contributed by atoms with Crippen LogP contribution in [0.4, 0.5) is 0 Å². The molecule has 2 aromatic carbocycles. The second-order valence-electron chi connectivity index (χ2n) is 7.18. The van der Waals surface area contributed by atoms with Gasteiger partial charge in [0.25, 0.3) is 0 Å². The lowest BCUT2D eigenvalue weighted by Gasteiger charge is -2.10. The number of carbonyl (C=O) groups is 1. The van der Waals surface area contributed by atoms with Crippen LogP contribution >= 0.6 is 0 Å². The van der Waals surface area contributed by atoms with Gasteiger partial charge in [0.05, 0.1) is 0 Å². The normalized spacial score (nSPS) is 11.2. The van der Waals surface area contributed by atoms with Crippen LogP contribution in [0.15, 0.2) is 66.9 Å². The number of hydrogen-bond donors (Lipinski definition) is 2. The lowest BCUT2D eigenvalue weighted by molar-refractivity contribution is 0.100. The molecule has 0 aliphatic carbocycles. The highest BCUT2D eigenvalue weighted by molar-refractivity contribution is 5.97. The second-order valence-corrected chi connectivity index (χ2v) is 7.18. The number of aromatic nitrogens is 2. The minimum atomic E-state index is -0.423. The predicted molar refractivity (Wildman–Crippen MR) is 113 cm³/mol. The van der Waals surface area contributed by atoms with Crippen LogP contribution in [-0.2, 0) is 6.54 Å². The van der Waals surface area contributed by atoms with Crippen molar-refractivity contribution in [3.8, 4) is 22.4 Å². The summed E-state index contributed by atoms with van der Waals surface area (Å²) in [5.74, 6) is -0.423. The fourth-order valence-electron chi connectivity index (χ4n) is 3.45. The summed E-state index contributed by atoms with van der Waals surface area (Å²) in [6, 6.07) is 20.0. The third kappa shape index (κ3) is 3.52. The van der Waals surface area contributed by atoms with Crippen LogP contribution in [-0.4, -0.2) is 34.9 Å². The zero-order valence-corrected chi connectivity index (χ0v) is 15.9. The van der Waals surface area contributed by atoms with Crippen LogP contribution in [0, 0.1) is 0 Å². The van der Waals surface area contributed by atoms with E-state index in [0.29, 0.717) is 5.56 Å². The van der Waals surface area contributed by atoms with Gasteiger partial charge in [-0.05, 0) is 66.7 Å². The van der Waals surface area contributed by atoms with Crippen molar-refractivity contribution in [1.82, 2.24) is 14.9 Å². The molecule has 0 fully saturated rings. The number of pyridine rings is 1. The summed E-state index contributed by atoms with van der Waals surface area (Å²) in [6.07, 6.45) is 1.79. The number of carbonyl (C=O) groups excluding carboxylic acids is 1. The highest BCUT2D eigenvalue weighted by Crippen LogP contribution is 2.31. The Balaban J connectivity index is 1.76. The van der Waals surface area contributed by atoms with Gasteiger partial charge in [-0.15, -0.1) is 0 Å². The number of benzene rings is 2. The van der Waals surface area contributed by atoms with E-state index < -0.39 is 5.91 Å². The van der Waals surface area contributed by atoms with E-state index in [1.807, 2.05) is 18.2 Å². The fourth-order valence-corrected chi connectivity index (χ4v) is 3.45. The van der Waals surface area contributed by atoms with Gasteiger partial charge in [-0.3, -0.25) is 4.79 Å². The van der Waals surface area contributed by atoms with Crippen LogP contribution in [0.5, 0.6) is 0 Å². The first-order valence-electron chi connectivity index (χ1n) is 9.13. The van der Waals surface area contributed by atoms with Crippen molar-refractivity contribution in [2.45, 2.75) is 6.54 Å². The molecule has 28 heavy (non-hydrogen) atoms. The van der Waals surface area contributed by atoms with Crippen molar-refractivity contribution < 1.29 is 4.79 Å². The van der Waals surface area contributed by atoms with E-state index in [0.717, 1.165) is 40.0 Å². The van der Waals surface area contributed by atoms with Gasteiger partial charge >= 0.3 is 0 Å². The minimum absolute atomic E-state index is 0.423. The number of H-pyrrole nitrogens is 1. The van der Waals surface area contributed by atoms with E-state index in [1.165, 1.54) is 5.56 Å². The first-order valence-corrected chi connectivity index (χ1v) is 9.13. The number of nitrogens with zero attached hydrogens (tertiary/aromatic N) is 2. The van der Waals surface area contributed by atoms with Gasteiger partial charge in [-0.1, -0.05) is 30.3 Å². The number of nitrogens with two attached hydrogens (primary N) is 1. The number of aromatic amines is 1. The maximum absolute atomic E-state index is 11.3. The molecule has 0 aliphatic rings. The van der Waals surface area contributed by atoms with Gasteiger partial charge in [0.2, 0.25) is 5.91 Å². The molecular formula is C23H22N4O. The van der Waals surface area contributed by atoms with E-state index in [2.05, 4.69) is 59.3 Å². The van der Waals surface area contributed by atoms with Crippen molar-refractivity contribution in [3.63, 3.8) is 0 Å².